The maximum atomic E-state index is 14.0. The number of aromatic nitrogens is 1. The molecule has 2 aromatic rings. The minimum Gasteiger partial charge on any atom is -0.496 e. The zero-order valence-corrected chi connectivity index (χ0v) is 10.4. The van der Waals surface area contributed by atoms with Crippen molar-refractivity contribution in [3.8, 4) is 5.75 Å². The molecule has 0 spiro atoms. The van der Waals surface area contributed by atoms with Crippen LogP contribution in [-0.2, 0) is 0 Å². The van der Waals surface area contributed by atoms with Gasteiger partial charge in [0, 0.05) is 12.4 Å². The van der Waals surface area contributed by atoms with Crippen molar-refractivity contribution in [2.24, 2.45) is 0 Å². The first-order chi connectivity index (χ1) is 8.77. The molecule has 94 valence electrons. The Morgan fingerprint density at radius 1 is 1.28 bits per heavy atom. The molecule has 0 radical (unpaired) electrons. The number of ether oxygens (including phenoxy) is 1. The SMILES string of the molecule is CNC(c1cccnc1)c1c(F)cccc1OC. The molecule has 0 fully saturated rings. The fourth-order valence-electron chi connectivity index (χ4n) is 2.00. The van der Waals surface area contributed by atoms with Crippen LogP contribution >= 0.6 is 0 Å². The van der Waals surface area contributed by atoms with Crippen LogP contribution in [0.3, 0.4) is 0 Å². The van der Waals surface area contributed by atoms with Crippen molar-refractivity contribution in [3.63, 3.8) is 0 Å². The summed E-state index contributed by atoms with van der Waals surface area (Å²) in [7, 11) is 3.32. The molecule has 0 saturated carbocycles. The van der Waals surface area contributed by atoms with Gasteiger partial charge in [0.1, 0.15) is 11.6 Å². The van der Waals surface area contributed by atoms with Crippen LogP contribution in [0.4, 0.5) is 4.39 Å². The van der Waals surface area contributed by atoms with Gasteiger partial charge < -0.3 is 10.1 Å². The van der Waals surface area contributed by atoms with E-state index in [0.717, 1.165) is 5.56 Å². The second kappa shape index (κ2) is 5.60. The molecule has 0 saturated heterocycles. The van der Waals surface area contributed by atoms with E-state index in [9.17, 15) is 4.39 Å². The smallest absolute Gasteiger partial charge is 0.132 e. The molecule has 0 aliphatic heterocycles. The van der Waals surface area contributed by atoms with Gasteiger partial charge in [-0.3, -0.25) is 4.98 Å². The van der Waals surface area contributed by atoms with E-state index in [2.05, 4.69) is 10.3 Å². The van der Waals surface area contributed by atoms with Crippen LogP contribution in [0, 0.1) is 5.82 Å². The highest BCUT2D eigenvalue weighted by molar-refractivity contribution is 5.41. The molecule has 1 unspecified atom stereocenters. The number of hydrogen-bond donors (Lipinski definition) is 1. The molecule has 0 aliphatic carbocycles. The fraction of sp³-hybridized carbons (Fsp3) is 0.214. The van der Waals surface area contributed by atoms with E-state index in [4.69, 9.17) is 4.74 Å². The average molecular weight is 246 g/mol. The van der Waals surface area contributed by atoms with E-state index >= 15 is 0 Å². The maximum absolute atomic E-state index is 14.0. The van der Waals surface area contributed by atoms with Crippen molar-refractivity contribution < 1.29 is 9.13 Å². The summed E-state index contributed by atoms with van der Waals surface area (Å²) in [5, 5.41) is 3.09. The van der Waals surface area contributed by atoms with Crippen molar-refractivity contribution in [1.82, 2.24) is 10.3 Å². The summed E-state index contributed by atoms with van der Waals surface area (Å²) in [4.78, 5) is 4.06. The predicted octanol–water partition coefficient (Wildman–Crippen LogP) is 2.54. The highest BCUT2D eigenvalue weighted by Gasteiger charge is 2.20. The van der Waals surface area contributed by atoms with Crippen LogP contribution in [0.5, 0.6) is 5.75 Å². The highest BCUT2D eigenvalue weighted by atomic mass is 19.1. The first kappa shape index (κ1) is 12.5. The monoisotopic (exact) mass is 246 g/mol. The van der Waals surface area contributed by atoms with Gasteiger partial charge >= 0.3 is 0 Å². The molecule has 1 aromatic carbocycles. The summed E-state index contributed by atoms with van der Waals surface area (Å²) in [5.41, 5.74) is 1.39. The summed E-state index contributed by atoms with van der Waals surface area (Å²) in [6.07, 6.45) is 3.40. The van der Waals surface area contributed by atoms with Crippen molar-refractivity contribution in [3.05, 3.63) is 59.7 Å². The number of pyridine rings is 1. The molecule has 18 heavy (non-hydrogen) atoms. The van der Waals surface area contributed by atoms with Crippen LogP contribution in [0.1, 0.15) is 17.2 Å². The molecule has 3 nitrogen and oxygen atoms in total. The molecule has 0 amide bonds. The minimum atomic E-state index is -0.294. The van der Waals surface area contributed by atoms with Gasteiger partial charge in [-0.25, -0.2) is 4.39 Å². The van der Waals surface area contributed by atoms with Crippen LogP contribution in [0.25, 0.3) is 0 Å². The van der Waals surface area contributed by atoms with E-state index in [-0.39, 0.29) is 11.9 Å². The molecule has 1 N–H and O–H groups in total. The number of nitrogens with one attached hydrogen (secondary N) is 1. The molecule has 0 aliphatic rings. The lowest BCUT2D eigenvalue weighted by atomic mass is 9.99. The average Bonchev–Trinajstić information content (AvgIpc) is 2.42. The number of benzene rings is 1. The van der Waals surface area contributed by atoms with Crippen LogP contribution < -0.4 is 10.1 Å². The van der Waals surface area contributed by atoms with Crippen molar-refractivity contribution in [1.29, 1.82) is 0 Å². The van der Waals surface area contributed by atoms with Gasteiger partial charge in [0.15, 0.2) is 0 Å². The quantitative estimate of drug-likeness (QED) is 0.900. The first-order valence-corrected chi connectivity index (χ1v) is 5.67. The molecule has 0 bridgehead atoms. The minimum absolute atomic E-state index is 0.283. The number of halogens is 1. The summed E-state index contributed by atoms with van der Waals surface area (Å²) >= 11 is 0. The second-order valence-corrected chi connectivity index (χ2v) is 3.86. The van der Waals surface area contributed by atoms with Gasteiger partial charge in [0.25, 0.3) is 0 Å². The summed E-state index contributed by atoms with van der Waals surface area (Å²) in [5.74, 6) is 0.232. The molecule has 1 atom stereocenters. The van der Waals surface area contributed by atoms with Gasteiger partial charge in [-0.05, 0) is 30.8 Å². The summed E-state index contributed by atoms with van der Waals surface area (Å²) < 4.78 is 19.2. The zero-order valence-electron chi connectivity index (χ0n) is 10.4. The van der Waals surface area contributed by atoms with Crippen molar-refractivity contribution in [2.75, 3.05) is 14.2 Å². The Kier molecular flexibility index (Phi) is 3.89. The fourth-order valence-corrected chi connectivity index (χ4v) is 2.00. The normalized spacial score (nSPS) is 12.2. The largest absolute Gasteiger partial charge is 0.496 e. The standard InChI is InChI=1S/C14H15FN2O/c1-16-14(10-5-4-8-17-9-10)13-11(15)6-3-7-12(13)18-2/h3-9,14,16H,1-2H3. The first-order valence-electron chi connectivity index (χ1n) is 5.67. The third-order valence-corrected chi connectivity index (χ3v) is 2.83. The van der Waals surface area contributed by atoms with E-state index in [0.29, 0.717) is 11.3 Å². The Morgan fingerprint density at radius 2 is 2.11 bits per heavy atom. The topological polar surface area (TPSA) is 34.2 Å². The van der Waals surface area contributed by atoms with E-state index < -0.39 is 0 Å². The maximum Gasteiger partial charge on any atom is 0.132 e. The van der Waals surface area contributed by atoms with Gasteiger partial charge in [-0.15, -0.1) is 0 Å². The van der Waals surface area contributed by atoms with E-state index in [1.54, 1.807) is 31.6 Å². The molecule has 1 heterocycles. The third kappa shape index (κ3) is 2.33. The third-order valence-electron chi connectivity index (χ3n) is 2.83. The number of rotatable bonds is 4. The summed E-state index contributed by atoms with van der Waals surface area (Å²) in [6.45, 7) is 0. The van der Waals surface area contributed by atoms with Gasteiger partial charge in [0.05, 0.1) is 18.7 Å². The Morgan fingerprint density at radius 3 is 2.72 bits per heavy atom. The van der Waals surface area contributed by atoms with Gasteiger partial charge in [0.2, 0.25) is 0 Å². The van der Waals surface area contributed by atoms with Crippen LogP contribution in [0.15, 0.2) is 42.7 Å². The zero-order chi connectivity index (χ0) is 13.0. The number of nitrogens with zero attached hydrogens (tertiary/aromatic N) is 1. The predicted molar refractivity (Wildman–Crippen MR) is 68.1 cm³/mol. The van der Waals surface area contributed by atoms with Gasteiger partial charge in [-0.1, -0.05) is 12.1 Å². The highest BCUT2D eigenvalue weighted by Crippen LogP contribution is 2.31. The van der Waals surface area contributed by atoms with E-state index in [1.807, 2.05) is 12.1 Å². The Balaban J connectivity index is 2.52. The summed E-state index contributed by atoms with van der Waals surface area (Å²) in [6, 6.07) is 8.26. The lowest BCUT2D eigenvalue weighted by molar-refractivity contribution is 0.398. The lowest BCUT2D eigenvalue weighted by Crippen LogP contribution is -2.20. The Labute approximate surface area is 106 Å². The molecule has 2 rings (SSSR count). The number of methoxy groups -OCH3 is 1. The number of hydrogen-bond acceptors (Lipinski definition) is 3. The van der Waals surface area contributed by atoms with Crippen molar-refractivity contribution >= 4 is 0 Å². The lowest BCUT2D eigenvalue weighted by Gasteiger charge is -2.20. The van der Waals surface area contributed by atoms with Crippen molar-refractivity contribution in [2.45, 2.75) is 6.04 Å². The molecule has 4 heteroatoms. The molecule has 1 aromatic heterocycles. The second-order valence-electron chi connectivity index (χ2n) is 3.86. The Hall–Kier alpha value is -1.94. The van der Waals surface area contributed by atoms with E-state index in [1.165, 1.54) is 13.2 Å². The Bertz CT molecular complexity index is 516. The molecular weight excluding hydrogens is 231 g/mol. The molecular formula is C14H15FN2O. The van der Waals surface area contributed by atoms with Crippen LogP contribution in [0.2, 0.25) is 0 Å². The van der Waals surface area contributed by atoms with Gasteiger partial charge in [-0.2, -0.15) is 0 Å². The van der Waals surface area contributed by atoms with Crippen LogP contribution in [-0.4, -0.2) is 19.1 Å².